The summed E-state index contributed by atoms with van der Waals surface area (Å²) in [5.41, 5.74) is 17.0. The van der Waals surface area contributed by atoms with Crippen LogP contribution in [0.15, 0.2) is 34.1 Å². The lowest BCUT2D eigenvalue weighted by Crippen LogP contribution is -2.40. The van der Waals surface area contributed by atoms with Crippen molar-refractivity contribution >= 4 is 42.9 Å². The van der Waals surface area contributed by atoms with E-state index in [9.17, 15) is 26.4 Å². The molecule has 17 heteroatoms. The average Bonchev–Trinajstić information content (AvgIpc) is 3.79. The Kier molecular flexibility index (Phi) is 16.9. The lowest BCUT2D eigenvalue weighted by molar-refractivity contribution is 0.0692. The van der Waals surface area contributed by atoms with Crippen molar-refractivity contribution in [2.45, 2.75) is 75.3 Å². The number of amides is 1. The van der Waals surface area contributed by atoms with Gasteiger partial charge < -0.3 is 37.1 Å². The minimum Gasteiger partial charge on any atom is -0.496 e. The Morgan fingerprint density at radius 2 is 1.22 bits per heavy atom. The molecular weight excluding hydrogens is 701 g/mol. The number of nitrogens with zero attached hydrogens (tertiary/aromatic N) is 2. The van der Waals surface area contributed by atoms with E-state index in [0.717, 1.165) is 38.5 Å². The fourth-order valence-corrected chi connectivity index (χ4v) is 8.16. The van der Waals surface area contributed by atoms with Gasteiger partial charge in [-0.25, -0.2) is 21.6 Å². The summed E-state index contributed by atoms with van der Waals surface area (Å²) in [5, 5.41) is 11.8. The lowest BCUT2D eigenvalue weighted by atomic mass is 10.1. The number of carbonyl (C=O) groups is 2. The molecule has 288 valence electrons. The summed E-state index contributed by atoms with van der Waals surface area (Å²) in [5.74, 6) is -1.56. The molecule has 51 heavy (non-hydrogen) atoms. The Morgan fingerprint density at radius 3 is 1.61 bits per heavy atom. The summed E-state index contributed by atoms with van der Waals surface area (Å²) >= 11 is 0. The molecule has 4 rings (SSSR count). The number of hydrogen-bond donors (Lipinski definition) is 5. The van der Waals surface area contributed by atoms with Crippen LogP contribution in [0.5, 0.6) is 11.5 Å². The van der Waals surface area contributed by atoms with Crippen LogP contribution in [-0.2, 0) is 19.7 Å². The maximum Gasteiger partial charge on any atom is 0.339 e. The zero-order chi connectivity index (χ0) is 38.5. The molecule has 2 heterocycles. The van der Waals surface area contributed by atoms with Gasteiger partial charge in [0, 0.05) is 37.3 Å². The van der Waals surface area contributed by atoms with E-state index < -0.39 is 25.6 Å². The predicted molar refractivity (Wildman–Crippen MR) is 199 cm³/mol. The van der Waals surface area contributed by atoms with Gasteiger partial charge in [-0.15, -0.1) is 0 Å². The Morgan fingerprint density at radius 1 is 0.784 bits per heavy atom. The van der Waals surface area contributed by atoms with Crippen molar-refractivity contribution in [3.05, 3.63) is 35.4 Å². The highest BCUT2D eigenvalue weighted by molar-refractivity contribution is 7.91. The van der Waals surface area contributed by atoms with E-state index >= 15 is 0 Å². The van der Waals surface area contributed by atoms with E-state index in [1.807, 2.05) is 0 Å². The highest BCUT2D eigenvalue weighted by Gasteiger charge is 2.26. The molecule has 0 spiro atoms. The number of hydrogen-bond acceptors (Lipinski definition) is 13. The molecule has 2 aromatic carbocycles. The predicted octanol–water partition coefficient (Wildman–Crippen LogP) is 2.48. The Bertz CT molecular complexity index is 1690. The molecule has 8 N–H and O–H groups in total. The topological polar surface area (TPSA) is 238 Å². The average molecular weight is 757 g/mol. The van der Waals surface area contributed by atoms with E-state index in [1.54, 1.807) is 0 Å². The molecule has 0 bridgehead atoms. The first-order valence-electron chi connectivity index (χ1n) is 17.2. The molecule has 2 fully saturated rings. The third-order valence-electron chi connectivity index (χ3n) is 9.15. The van der Waals surface area contributed by atoms with Crippen LogP contribution < -0.4 is 32.0 Å². The van der Waals surface area contributed by atoms with Gasteiger partial charge in [-0.3, -0.25) is 14.6 Å². The van der Waals surface area contributed by atoms with Crippen LogP contribution in [0.2, 0.25) is 0 Å². The molecule has 15 nitrogen and oxygen atoms in total. The number of carbonyl (C=O) groups excluding carboxylic acids is 1. The molecule has 1 amide bonds. The maximum atomic E-state index is 12.6. The van der Waals surface area contributed by atoms with Crippen LogP contribution >= 0.6 is 0 Å². The molecule has 2 saturated heterocycles. The quantitative estimate of drug-likeness (QED) is 0.185. The number of likely N-dealkylation sites (N-methyl/N-ethyl adjacent to an activating group) is 2. The van der Waals surface area contributed by atoms with Crippen LogP contribution in [0.25, 0.3) is 0 Å². The van der Waals surface area contributed by atoms with Crippen molar-refractivity contribution in [2.75, 3.05) is 76.5 Å². The van der Waals surface area contributed by atoms with E-state index in [2.05, 4.69) is 29.0 Å². The summed E-state index contributed by atoms with van der Waals surface area (Å²) in [6.45, 7) is 13.1. The monoisotopic (exact) mass is 756 g/mol. The SMILES string of the molecule is CCN1CCCC1CN.CCN1CCCC1CNC(=O)c1cc(S(=O)(=O)CC)c(N)cc1OC.CCS(=O)(=O)c1cc(C(=O)O)c(OC)cc1N. The molecule has 2 aliphatic rings. The Hall–Kier alpha value is -3.64. The van der Waals surface area contributed by atoms with Crippen LogP contribution in [0.4, 0.5) is 11.4 Å². The molecule has 0 aliphatic carbocycles. The first-order chi connectivity index (χ1) is 24.0. The van der Waals surface area contributed by atoms with E-state index in [-0.39, 0.29) is 61.2 Å². The number of benzene rings is 2. The van der Waals surface area contributed by atoms with Gasteiger partial charge >= 0.3 is 5.97 Å². The number of carboxylic acid groups (broad SMARTS) is 1. The van der Waals surface area contributed by atoms with Crippen molar-refractivity contribution < 1.29 is 41.0 Å². The van der Waals surface area contributed by atoms with Crippen molar-refractivity contribution in [2.24, 2.45) is 5.73 Å². The molecule has 0 aromatic heterocycles. The lowest BCUT2D eigenvalue weighted by Gasteiger charge is -2.23. The first kappa shape index (κ1) is 43.5. The van der Waals surface area contributed by atoms with Crippen LogP contribution in [-0.4, -0.2) is 121 Å². The van der Waals surface area contributed by atoms with Gasteiger partial charge in [0.1, 0.15) is 17.1 Å². The second-order valence-corrected chi connectivity index (χ2v) is 16.6. The van der Waals surface area contributed by atoms with Gasteiger partial charge in [0.2, 0.25) is 0 Å². The van der Waals surface area contributed by atoms with Crippen LogP contribution in [0.3, 0.4) is 0 Å². The highest BCUT2D eigenvalue weighted by Crippen LogP contribution is 2.30. The molecule has 2 aliphatic heterocycles. The van der Waals surface area contributed by atoms with Gasteiger partial charge in [0.15, 0.2) is 19.7 Å². The van der Waals surface area contributed by atoms with E-state index in [0.29, 0.717) is 18.6 Å². The summed E-state index contributed by atoms with van der Waals surface area (Å²) in [4.78, 5) is 28.1. The van der Waals surface area contributed by atoms with Gasteiger partial charge in [-0.05, 0) is 64.0 Å². The summed E-state index contributed by atoms with van der Waals surface area (Å²) in [6.07, 6.45) is 4.82. The number of carboxylic acids is 1. The number of nitrogen functional groups attached to an aromatic ring is 2. The largest absolute Gasteiger partial charge is 0.496 e. The van der Waals surface area contributed by atoms with E-state index in [4.69, 9.17) is 31.8 Å². The summed E-state index contributed by atoms with van der Waals surface area (Å²) in [6, 6.07) is 5.93. The first-order valence-corrected chi connectivity index (χ1v) is 20.5. The van der Waals surface area contributed by atoms with Crippen molar-refractivity contribution in [3.63, 3.8) is 0 Å². The minimum absolute atomic E-state index is 0.0197. The number of anilines is 2. The number of aromatic carboxylic acids is 1. The minimum atomic E-state index is -3.55. The van der Waals surface area contributed by atoms with Crippen molar-refractivity contribution in [1.82, 2.24) is 15.1 Å². The smallest absolute Gasteiger partial charge is 0.339 e. The third kappa shape index (κ3) is 11.4. The third-order valence-corrected chi connectivity index (χ3v) is 12.7. The van der Waals surface area contributed by atoms with Crippen molar-refractivity contribution in [1.29, 1.82) is 0 Å². The van der Waals surface area contributed by atoms with Gasteiger partial charge in [0.05, 0.1) is 52.5 Å². The summed E-state index contributed by atoms with van der Waals surface area (Å²) in [7, 11) is -4.36. The number of rotatable bonds is 13. The number of ether oxygens (including phenoxy) is 2. The fourth-order valence-electron chi connectivity index (χ4n) is 6.11. The molecular formula is C34H56N6O9S2. The molecule has 2 unspecified atom stereocenters. The van der Waals surface area contributed by atoms with Gasteiger partial charge in [-0.1, -0.05) is 27.7 Å². The normalized spacial score (nSPS) is 17.9. The van der Waals surface area contributed by atoms with Gasteiger partial charge in [0.25, 0.3) is 5.91 Å². The Labute approximate surface area is 302 Å². The van der Waals surface area contributed by atoms with Crippen molar-refractivity contribution in [3.8, 4) is 11.5 Å². The summed E-state index contributed by atoms with van der Waals surface area (Å²) < 4.78 is 57.8. The number of likely N-dealkylation sites (tertiary alicyclic amines) is 2. The maximum absolute atomic E-state index is 12.6. The molecule has 2 atom stereocenters. The number of nitrogens with two attached hydrogens (primary N) is 3. The highest BCUT2D eigenvalue weighted by atomic mass is 32.2. The molecule has 0 radical (unpaired) electrons. The number of methoxy groups -OCH3 is 2. The van der Waals surface area contributed by atoms with Crippen LogP contribution in [0.1, 0.15) is 74.1 Å². The van der Waals surface area contributed by atoms with Crippen LogP contribution in [0, 0.1) is 0 Å². The second kappa shape index (κ2) is 19.8. The zero-order valence-corrected chi connectivity index (χ0v) is 32.2. The number of nitrogens with one attached hydrogen (secondary N) is 1. The molecule has 0 saturated carbocycles. The standard InChI is InChI=1S/C17H27N3O4S.C10H13NO5S.C7H16N2/c1-4-20-8-6-7-12(20)11-19-17(21)13-9-16(25(22,23)5-2)14(18)10-15(13)24-3;1-3-17(14,15)9-4-6(10(12)13)8(16-2)5-7(9)11;1-2-9-5-3-4-7(9)6-8/h9-10,12H,4-8,11,18H2,1-3H3,(H,19,21);4-5H,3,11H2,1-2H3,(H,12,13);7H,2-6,8H2,1H3. The fraction of sp³-hybridized carbons (Fsp3) is 0.588. The second-order valence-electron chi connectivity index (χ2n) is 12.1. The molecule has 2 aromatic rings. The zero-order valence-electron chi connectivity index (χ0n) is 30.6. The number of sulfone groups is 2. The Balaban J connectivity index is 0.000000297. The van der Waals surface area contributed by atoms with E-state index in [1.165, 1.54) is 72.2 Å². The van der Waals surface area contributed by atoms with Gasteiger partial charge in [-0.2, -0.15) is 0 Å².